The van der Waals surface area contributed by atoms with Gasteiger partial charge in [-0.15, -0.1) is 0 Å². The van der Waals surface area contributed by atoms with Crippen LogP contribution in [0, 0.1) is 0 Å². The summed E-state index contributed by atoms with van der Waals surface area (Å²) in [6.45, 7) is 1.64. The van der Waals surface area contributed by atoms with E-state index in [1.165, 1.54) is 5.56 Å². The van der Waals surface area contributed by atoms with Gasteiger partial charge in [-0.2, -0.15) is 0 Å². The van der Waals surface area contributed by atoms with Crippen molar-refractivity contribution in [1.29, 1.82) is 0 Å². The van der Waals surface area contributed by atoms with Crippen LogP contribution in [0.25, 0.3) is 0 Å². The Kier molecular flexibility index (Phi) is 5.53. The summed E-state index contributed by atoms with van der Waals surface area (Å²) in [5.74, 6) is 1.13. The van der Waals surface area contributed by atoms with E-state index >= 15 is 0 Å². The van der Waals surface area contributed by atoms with E-state index in [2.05, 4.69) is 28.1 Å². The van der Waals surface area contributed by atoms with Crippen LogP contribution < -0.4 is 4.74 Å². The summed E-state index contributed by atoms with van der Waals surface area (Å²) in [7, 11) is 1.66. The zero-order chi connectivity index (χ0) is 12.0. The fourth-order valence-corrected chi connectivity index (χ4v) is 2.16. The van der Waals surface area contributed by atoms with Gasteiger partial charge in [0.25, 0.3) is 0 Å². The summed E-state index contributed by atoms with van der Waals surface area (Å²) in [6.07, 6.45) is 3.73. The van der Waals surface area contributed by atoms with Crippen LogP contribution in [0.4, 0.5) is 0 Å². The second-order valence-electron chi connectivity index (χ2n) is 3.88. The van der Waals surface area contributed by atoms with E-state index in [0.717, 1.165) is 29.5 Å². The zero-order valence-electron chi connectivity index (χ0n) is 9.75. The Hall–Kier alpha value is -0.830. The number of ether oxygens (including phenoxy) is 1. The molecule has 0 saturated carbocycles. The molecule has 0 aliphatic carbocycles. The van der Waals surface area contributed by atoms with E-state index in [0.29, 0.717) is 6.42 Å². The van der Waals surface area contributed by atoms with Crippen molar-refractivity contribution in [3.8, 4) is 5.75 Å². The minimum atomic E-state index is 0.274. The van der Waals surface area contributed by atoms with Gasteiger partial charge in [-0.25, -0.2) is 0 Å². The number of unbranched alkanes of at least 4 members (excludes halogenated alkanes) is 1. The molecule has 0 fully saturated rings. The van der Waals surface area contributed by atoms with Crippen LogP contribution in [0.15, 0.2) is 22.7 Å². The Labute approximate surface area is 105 Å². The maximum absolute atomic E-state index is 10.8. The number of halogens is 1. The van der Waals surface area contributed by atoms with Gasteiger partial charge in [0.15, 0.2) is 0 Å². The van der Waals surface area contributed by atoms with Crippen molar-refractivity contribution in [3.63, 3.8) is 0 Å². The Bertz CT molecular complexity index is 361. The third-order valence-electron chi connectivity index (χ3n) is 2.46. The van der Waals surface area contributed by atoms with Gasteiger partial charge in [0.05, 0.1) is 11.6 Å². The molecule has 88 valence electrons. The van der Waals surface area contributed by atoms with Crippen molar-refractivity contribution in [1.82, 2.24) is 0 Å². The van der Waals surface area contributed by atoms with Crippen LogP contribution in [0.1, 0.15) is 31.7 Å². The largest absolute Gasteiger partial charge is 0.496 e. The lowest BCUT2D eigenvalue weighted by Crippen LogP contribution is -1.92. The van der Waals surface area contributed by atoms with E-state index in [9.17, 15) is 4.79 Å². The molecular weight excluding hydrogens is 268 g/mol. The second-order valence-corrected chi connectivity index (χ2v) is 4.73. The Morgan fingerprint density at radius 2 is 2.12 bits per heavy atom. The van der Waals surface area contributed by atoms with Crippen molar-refractivity contribution < 1.29 is 9.53 Å². The van der Waals surface area contributed by atoms with Crippen LogP contribution in [0.3, 0.4) is 0 Å². The quantitative estimate of drug-likeness (QED) is 0.744. The Morgan fingerprint density at radius 1 is 1.38 bits per heavy atom. The molecular formula is C13H17BrO2. The highest BCUT2D eigenvalue weighted by Gasteiger charge is 2.01. The number of hydrogen-bond acceptors (Lipinski definition) is 2. The number of ketones is 1. The van der Waals surface area contributed by atoms with E-state index in [-0.39, 0.29) is 5.78 Å². The molecule has 0 bridgehead atoms. The molecule has 0 saturated heterocycles. The third kappa shape index (κ3) is 4.35. The number of rotatable bonds is 6. The highest BCUT2D eigenvalue weighted by atomic mass is 79.9. The topological polar surface area (TPSA) is 26.3 Å². The minimum Gasteiger partial charge on any atom is -0.496 e. The number of methoxy groups -OCH3 is 1. The molecule has 1 rings (SSSR count). The SMILES string of the molecule is COc1ccc(CCCCC(C)=O)cc1Br. The maximum Gasteiger partial charge on any atom is 0.133 e. The fraction of sp³-hybridized carbons (Fsp3) is 0.462. The maximum atomic E-state index is 10.8. The Morgan fingerprint density at radius 3 is 2.69 bits per heavy atom. The molecule has 0 spiro atoms. The first-order valence-electron chi connectivity index (χ1n) is 5.45. The molecule has 0 unspecified atom stereocenters. The smallest absolute Gasteiger partial charge is 0.133 e. The molecule has 1 aromatic rings. The van der Waals surface area contributed by atoms with E-state index in [1.807, 2.05) is 6.07 Å². The van der Waals surface area contributed by atoms with Crippen LogP contribution in [-0.2, 0) is 11.2 Å². The molecule has 0 heterocycles. The van der Waals surface area contributed by atoms with Gasteiger partial charge in [-0.05, 0) is 59.8 Å². The fourth-order valence-electron chi connectivity index (χ4n) is 1.57. The predicted octanol–water partition coefficient (Wildman–Crippen LogP) is 3.76. The normalized spacial score (nSPS) is 10.2. The Balaban J connectivity index is 2.43. The molecule has 0 aliphatic rings. The summed E-state index contributed by atoms with van der Waals surface area (Å²) in [6, 6.07) is 6.11. The molecule has 0 radical (unpaired) electrons. The molecule has 2 nitrogen and oxygen atoms in total. The summed E-state index contributed by atoms with van der Waals surface area (Å²) < 4.78 is 6.15. The van der Waals surface area contributed by atoms with Gasteiger partial charge in [-0.1, -0.05) is 6.07 Å². The number of aryl methyl sites for hydroxylation is 1. The van der Waals surface area contributed by atoms with Crippen LogP contribution in [0.5, 0.6) is 5.75 Å². The molecule has 3 heteroatoms. The number of hydrogen-bond donors (Lipinski definition) is 0. The molecule has 0 atom stereocenters. The number of carbonyl (C=O) groups is 1. The number of Topliss-reactive ketones (excluding diaryl/α,β-unsaturated/α-hetero) is 1. The summed E-state index contributed by atoms with van der Waals surface area (Å²) in [4.78, 5) is 10.8. The third-order valence-corrected chi connectivity index (χ3v) is 3.08. The molecule has 0 aliphatic heterocycles. The lowest BCUT2D eigenvalue weighted by molar-refractivity contribution is -0.117. The van der Waals surface area contributed by atoms with E-state index in [4.69, 9.17) is 4.74 Å². The van der Waals surface area contributed by atoms with E-state index in [1.54, 1.807) is 14.0 Å². The molecule has 0 amide bonds. The first-order valence-corrected chi connectivity index (χ1v) is 6.24. The highest BCUT2D eigenvalue weighted by Crippen LogP contribution is 2.26. The summed E-state index contributed by atoms with van der Waals surface area (Å²) in [5, 5.41) is 0. The summed E-state index contributed by atoms with van der Waals surface area (Å²) >= 11 is 3.46. The minimum absolute atomic E-state index is 0.274. The van der Waals surface area contributed by atoms with Crippen LogP contribution in [-0.4, -0.2) is 12.9 Å². The highest BCUT2D eigenvalue weighted by molar-refractivity contribution is 9.10. The summed E-state index contributed by atoms with van der Waals surface area (Å²) in [5.41, 5.74) is 1.27. The lowest BCUT2D eigenvalue weighted by Gasteiger charge is -2.06. The predicted molar refractivity (Wildman–Crippen MR) is 68.9 cm³/mol. The van der Waals surface area contributed by atoms with Crippen LogP contribution in [0.2, 0.25) is 0 Å². The van der Waals surface area contributed by atoms with Gasteiger partial charge < -0.3 is 9.53 Å². The first kappa shape index (κ1) is 13.2. The first-order chi connectivity index (χ1) is 7.63. The van der Waals surface area contributed by atoms with Gasteiger partial charge in [0.1, 0.15) is 11.5 Å². The van der Waals surface area contributed by atoms with Crippen molar-refractivity contribution in [3.05, 3.63) is 28.2 Å². The zero-order valence-corrected chi connectivity index (χ0v) is 11.3. The van der Waals surface area contributed by atoms with Gasteiger partial charge in [-0.3, -0.25) is 0 Å². The van der Waals surface area contributed by atoms with Crippen molar-refractivity contribution >= 4 is 21.7 Å². The monoisotopic (exact) mass is 284 g/mol. The van der Waals surface area contributed by atoms with E-state index < -0.39 is 0 Å². The second kappa shape index (κ2) is 6.69. The number of carbonyl (C=O) groups excluding carboxylic acids is 1. The van der Waals surface area contributed by atoms with Crippen molar-refractivity contribution in [2.45, 2.75) is 32.6 Å². The van der Waals surface area contributed by atoms with Crippen molar-refractivity contribution in [2.75, 3.05) is 7.11 Å². The standard InChI is InChI=1S/C13H17BrO2/c1-10(15)5-3-4-6-11-7-8-13(16-2)12(14)9-11/h7-9H,3-6H2,1-2H3. The average Bonchev–Trinajstić information content (AvgIpc) is 2.24. The number of benzene rings is 1. The average molecular weight is 285 g/mol. The van der Waals surface area contributed by atoms with Gasteiger partial charge in [0.2, 0.25) is 0 Å². The molecule has 0 aromatic heterocycles. The molecule has 16 heavy (non-hydrogen) atoms. The molecule has 1 aromatic carbocycles. The van der Waals surface area contributed by atoms with Crippen molar-refractivity contribution in [2.24, 2.45) is 0 Å². The van der Waals surface area contributed by atoms with Gasteiger partial charge in [0, 0.05) is 6.42 Å². The lowest BCUT2D eigenvalue weighted by atomic mass is 10.1. The van der Waals surface area contributed by atoms with Crippen LogP contribution >= 0.6 is 15.9 Å². The van der Waals surface area contributed by atoms with Gasteiger partial charge >= 0.3 is 0 Å². The molecule has 0 N–H and O–H groups in total.